The highest BCUT2D eigenvalue weighted by Crippen LogP contribution is 2.44. The lowest BCUT2D eigenvalue weighted by atomic mass is 10.1. The number of nitrogen functional groups attached to an aromatic ring is 1. The van der Waals surface area contributed by atoms with E-state index >= 15 is 0 Å². The van der Waals surface area contributed by atoms with Crippen LogP contribution in [-0.2, 0) is 25.3 Å². The van der Waals surface area contributed by atoms with Gasteiger partial charge in [0.05, 0.1) is 17.7 Å². The van der Waals surface area contributed by atoms with Crippen molar-refractivity contribution in [1.29, 1.82) is 0 Å². The smallest absolute Gasteiger partial charge is 0.342 e. The van der Waals surface area contributed by atoms with E-state index in [-0.39, 0.29) is 18.6 Å². The van der Waals surface area contributed by atoms with E-state index in [1.54, 1.807) is 51.2 Å². The number of para-hydroxylation sites is 1. The highest BCUT2D eigenvalue weighted by Gasteiger charge is 2.32. The number of anilines is 1. The summed E-state index contributed by atoms with van der Waals surface area (Å²) in [5.41, 5.74) is 8.15. The molecule has 3 atom stereocenters. The van der Waals surface area contributed by atoms with Gasteiger partial charge < -0.3 is 24.7 Å². The second kappa shape index (κ2) is 10.8. The summed E-state index contributed by atoms with van der Waals surface area (Å²) in [7, 11) is -3.62. The number of rotatable bonds is 11. The van der Waals surface area contributed by atoms with Crippen LogP contribution in [0.4, 0.5) is 5.82 Å². The van der Waals surface area contributed by atoms with Gasteiger partial charge in [-0.2, -0.15) is 0 Å². The van der Waals surface area contributed by atoms with Crippen molar-refractivity contribution >= 4 is 30.3 Å². The molecule has 0 fully saturated rings. The number of nitrogens with one attached hydrogen (secondary N) is 2. The van der Waals surface area contributed by atoms with Crippen molar-refractivity contribution < 1.29 is 23.4 Å². The van der Waals surface area contributed by atoms with E-state index in [0.717, 1.165) is 5.56 Å². The third-order valence-corrected chi connectivity index (χ3v) is 6.48. The Morgan fingerprint density at radius 2 is 1.91 bits per heavy atom. The quantitative estimate of drug-likeness (QED) is 0.280. The third kappa shape index (κ3) is 6.77. The van der Waals surface area contributed by atoms with Crippen LogP contribution in [0.5, 0.6) is 5.75 Å². The Morgan fingerprint density at radius 1 is 1.18 bits per heavy atom. The van der Waals surface area contributed by atoms with Crippen molar-refractivity contribution in [2.75, 3.05) is 12.1 Å². The molecule has 0 aliphatic carbocycles. The van der Waals surface area contributed by atoms with Crippen LogP contribution in [0.3, 0.4) is 0 Å². The van der Waals surface area contributed by atoms with Gasteiger partial charge in [0.15, 0.2) is 5.82 Å². The van der Waals surface area contributed by atoms with Gasteiger partial charge in [-0.1, -0.05) is 18.2 Å². The molecule has 2 heterocycles. The summed E-state index contributed by atoms with van der Waals surface area (Å²) in [4.78, 5) is 23.6. The molecule has 4 N–H and O–H groups in total. The van der Waals surface area contributed by atoms with Crippen molar-refractivity contribution in [1.82, 2.24) is 20.0 Å². The van der Waals surface area contributed by atoms with E-state index in [2.05, 4.69) is 20.0 Å². The van der Waals surface area contributed by atoms with Crippen LogP contribution < -0.4 is 15.3 Å². The standard InChI is InChI=1S/C22H30N5O5P/c1-14(2)31-22(28)16(4)27-33(29,32-18-8-6-5-7-9-18)13-30-15(3)10-17-11-24-20-19(17)25-12-26-21(20)23/h5-9,11-12,14-16,24H,10,13H2,1-4H3,(H,27,29)(H2,23,25,26)/t15-,16+,33?/m1/s1. The van der Waals surface area contributed by atoms with Crippen molar-refractivity contribution in [3.05, 3.63) is 48.4 Å². The van der Waals surface area contributed by atoms with Gasteiger partial charge in [-0.25, -0.2) is 15.1 Å². The fraction of sp³-hybridized carbons (Fsp3) is 0.409. The van der Waals surface area contributed by atoms with Crippen LogP contribution in [0.2, 0.25) is 0 Å². The number of carbonyl (C=O) groups excluding carboxylic acids is 1. The zero-order chi connectivity index (χ0) is 24.0. The summed E-state index contributed by atoms with van der Waals surface area (Å²) in [6.45, 7) is 6.93. The van der Waals surface area contributed by atoms with Crippen LogP contribution in [0.25, 0.3) is 11.0 Å². The van der Waals surface area contributed by atoms with Crippen molar-refractivity contribution in [3.63, 3.8) is 0 Å². The number of aromatic nitrogens is 3. The molecule has 3 aromatic rings. The Bertz CT molecular complexity index is 1120. The molecule has 0 spiro atoms. The summed E-state index contributed by atoms with van der Waals surface area (Å²) in [6.07, 6.45) is 2.84. The fourth-order valence-corrected chi connectivity index (χ4v) is 4.97. The van der Waals surface area contributed by atoms with Gasteiger partial charge in [0.1, 0.15) is 30.0 Å². The molecule has 1 aromatic carbocycles. The second-order valence-corrected chi connectivity index (χ2v) is 10.1. The van der Waals surface area contributed by atoms with Crippen LogP contribution in [0, 0.1) is 0 Å². The van der Waals surface area contributed by atoms with Gasteiger partial charge in [0, 0.05) is 12.6 Å². The highest BCUT2D eigenvalue weighted by molar-refractivity contribution is 7.57. The Balaban J connectivity index is 1.70. The molecule has 0 saturated carbocycles. The molecule has 0 saturated heterocycles. The Labute approximate surface area is 192 Å². The number of ether oxygens (including phenoxy) is 2. The number of hydrogen-bond donors (Lipinski definition) is 3. The Hall–Kier alpha value is -2.94. The lowest BCUT2D eigenvalue weighted by Crippen LogP contribution is -2.37. The molecule has 0 bridgehead atoms. The molecular weight excluding hydrogens is 445 g/mol. The third-order valence-electron chi connectivity index (χ3n) is 4.70. The molecule has 1 unspecified atom stereocenters. The van der Waals surface area contributed by atoms with E-state index in [1.165, 1.54) is 6.33 Å². The van der Waals surface area contributed by atoms with Crippen LogP contribution >= 0.6 is 7.52 Å². The lowest BCUT2D eigenvalue weighted by molar-refractivity contribution is -0.149. The maximum atomic E-state index is 13.6. The maximum absolute atomic E-state index is 13.6. The minimum atomic E-state index is -3.62. The summed E-state index contributed by atoms with van der Waals surface area (Å²) in [5.74, 6) is 0.246. The first-order valence-electron chi connectivity index (χ1n) is 10.7. The largest absolute Gasteiger partial charge is 0.462 e. The first-order valence-corrected chi connectivity index (χ1v) is 12.5. The van der Waals surface area contributed by atoms with E-state index in [9.17, 15) is 9.36 Å². The summed E-state index contributed by atoms with van der Waals surface area (Å²) >= 11 is 0. The number of H-pyrrole nitrogens is 1. The molecule has 33 heavy (non-hydrogen) atoms. The monoisotopic (exact) mass is 475 g/mol. The molecule has 11 heteroatoms. The second-order valence-electron chi connectivity index (χ2n) is 8.02. The average molecular weight is 475 g/mol. The number of aromatic amines is 1. The molecular formula is C22H30N5O5P. The van der Waals surface area contributed by atoms with E-state index in [1.807, 2.05) is 13.0 Å². The zero-order valence-corrected chi connectivity index (χ0v) is 20.0. The molecule has 0 aliphatic rings. The SMILES string of the molecule is CC(C)OC(=O)[C@H](C)NP(=O)(CO[C@H](C)Cc1c[nH]c2c(N)ncnc12)Oc1ccccc1. The lowest BCUT2D eigenvalue weighted by Gasteiger charge is -2.25. The molecule has 178 valence electrons. The normalized spacial score (nSPS) is 15.2. The maximum Gasteiger partial charge on any atom is 0.342 e. The summed E-state index contributed by atoms with van der Waals surface area (Å²) < 4.78 is 30.5. The number of carbonyl (C=O) groups is 1. The van der Waals surface area contributed by atoms with Gasteiger partial charge >= 0.3 is 13.5 Å². The van der Waals surface area contributed by atoms with Crippen LogP contribution in [0.1, 0.15) is 33.3 Å². The number of fused-ring (bicyclic) bond motifs is 1. The predicted octanol–water partition coefficient (Wildman–Crippen LogP) is 3.65. The summed E-state index contributed by atoms with van der Waals surface area (Å²) in [6, 6.07) is 7.88. The van der Waals surface area contributed by atoms with Gasteiger partial charge in [0.2, 0.25) is 0 Å². The first kappa shape index (κ1) is 24.7. The van der Waals surface area contributed by atoms with Gasteiger partial charge in [-0.3, -0.25) is 9.36 Å². The van der Waals surface area contributed by atoms with Gasteiger partial charge in [-0.15, -0.1) is 0 Å². The van der Waals surface area contributed by atoms with Crippen molar-refractivity contribution in [2.24, 2.45) is 0 Å². The topological polar surface area (TPSA) is 141 Å². The van der Waals surface area contributed by atoms with E-state index in [0.29, 0.717) is 29.0 Å². The molecule has 0 aliphatic heterocycles. The summed E-state index contributed by atoms with van der Waals surface area (Å²) in [5, 5.41) is 2.79. The predicted molar refractivity (Wildman–Crippen MR) is 126 cm³/mol. The van der Waals surface area contributed by atoms with Crippen molar-refractivity contribution in [3.8, 4) is 5.75 Å². The zero-order valence-electron chi connectivity index (χ0n) is 19.1. The number of nitrogens with two attached hydrogens (primary N) is 1. The number of nitrogens with zero attached hydrogens (tertiary/aromatic N) is 2. The molecule has 0 radical (unpaired) electrons. The molecule has 10 nitrogen and oxygen atoms in total. The Morgan fingerprint density at radius 3 is 2.61 bits per heavy atom. The van der Waals surface area contributed by atoms with E-state index < -0.39 is 19.5 Å². The number of benzene rings is 1. The van der Waals surface area contributed by atoms with Gasteiger partial charge in [-0.05, 0) is 45.4 Å². The minimum Gasteiger partial charge on any atom is -0.462 e. The minimum absolute atomic E-state index is 0.248. The molecule has 2 aromatic heterocycles. The van der Waals surface area contributed by atoms with Crippen molar-refractivity contribution in [2.45, 2.75) is 52.4 Å². The highest BCUT2D eigenvalue weighted by atomic mass is 31.2. The average Bonchev–Trinajstić information content (AvgIpc) is 3.16. The van der Waals surface area contributed by atoms with E-state index in [4.69, 9.17) is 19.7 Å². The fourth-order valence-electron chi connectivity index (χ4n) is 3.19. The number of hydrogen-bond acceptors (Lipinski definition) is 8. The van der Waals surface area contributed by atoms with Crippen LogP contribution in [-0.4, -0.2) is 45.5 Å². The van der Waals surface area contributed by atoms with Gasteiger partial charge in [0.25, 0.3) is 0 Å². The first-order chi connectivity index (χ1) is 15.7. The van der Waals surface area contributed by atoms with Crippen LogP contribution in [0.15, 0.2) is 42.9 Å². The molecule has 3 rings (SSSR count). The Kier molecular flexibility index (Phi) is 8.07. The number of esters is 1. The molecule has 0 amide bonds.